The molecule has 16 heavy (non-hydrogen) atoms. The Bertz CT molecular complexity index is 333. The highest BCUT2D eigenvalue weighted by atomic mass is 19.4. The molecule has 0 aromatic heterocycles. The van der Waals surface area contributed by atoms with E-state index in [1.54, 1.807) is 13.0 Å². The minimum absolute atomic E-state index is 0.0139. The molecule has 1 heterocycles. The maximum atomic E-state index is 12.8. The van der Waals surface area contributed by atoms with Crippen LogP contribution in [0.15, 0.2) is 23.5 Å². The highest BCUT2D eigenvalue weighted by molar-refractivity contribution is 5.36. The molecule has 2 atom stereocenters. The van der Waals surface area contributed by atoms with Gasteiger partial charge in [-0.3, -0.25) is 0 Å². The predicted octanol–water partition coefficient (Wildman–Crippen LogP) is 2.24. The largest absolute Gasteiger partial charge is 0.494 e. The zero-order valence-electron chi connectivity index (χ0n) is 8.97. The molecule has 1 N–H and O–H groups in total. The molecule has 1 fully saturated rings. The third kappa shape index (κ3) is 2.09. The lowest BCUT2D eigenvalue weighted by Gasteiger charge is -2.24. The van der Waals surface area contributed by atoms with Crippen LogP contribution in [0.3, 0.4) is 0 Å². The van der Waals surface area contributed by atoms with Crippen LogP contribution in [0.25, 0.3) is 0 Å². The van der Waals surface area contributed by atoms with Crippen molar-refractivity contribution < 1.29 is 17.9 Å². The normalized spacial score (nSPS) is 29.5. The van der Waals surface area contributed by atoms with Crippen LogP contribution in [-0.4, -0.2) is 25.9 Å². The Balaban J connectivity index is 2.29. The smallest absolute Gasteiger partial charge is 0.419 e. The summed E-state index contributed by atoms with van der Waals surface area (Å²) in [4.78, 5) is 0. The molecule has 0 aromatic rings. The Labute approximate surface area is 92.2 Å². The van der Waals surface area contributed by atoms with Gasteiger partial charge < -0.3 is 10.1 Å². The zero-order chi connectivity index (χ0) is 11.8. The van der Waals surface area contributed by atoms with Crippen molar-refractivity contribution in [3.05, 3.63) is 23.5 Å². The zero-order valence-corrected chi connectivity index (χ0v) is 8.97. The van der Waals surface area contributed by atoms with Gasteiger partial charge in [0.1, 0.15) is 5.76 Å². The van der Waals surface area contributed by atoms with E-state index in [1.807, 2.05) is 0 Å². The lowest BCUT2D eigenvalue weighted by molar-refractivity contribution is -0.0948. The maximum Gasteiger partial charge on any atom is 0.419 e. The van der Waals surface area contributed by atoms with Gasteiger partial charge in [-0.05, 0) is 18.9 Å². The Morgan fingerprint density at radius 2 is 1.94 bits per heavy atom. The van der Waals surface area contributed by atoms with Crippen LogP contribution >= 0.6 is 0 Å². The number of allylic oxidation sites excluding steroid dienone is 1. The highest BCUT2D eigenvalue weighted by Crippen LogP contribution is 2.39. The van der Waals surface area contributed by atoms with E-state index in [-0.39, 0.29) is 24.2 Å². The fraction of sp³-hybridized carbons (Fsp3) is 0.636. The van der Waals surface area contributed by atoms with E-state index in [4.69, 9.17) is 4.74 Å². The Kier molecular flexibility index (Phi) is 2.97. The molecular formula is C11H14F3NO. The fourth-order valence-electron chi connectivity index (χ4n) is 2.18. The number of alkyl halides is 3. The molecule has 2 rings (SSSR count). The summed E-state index contributed by atoms with van der Waals surface area (Å²) in [6, 6.07) is 0. The van der Waals surface area contributed by atoms with E-state index < -0.39 is 11.7 Å². The fourth-order valence-corrected chi connectivity index (χ4v) is 2.18. The predicted molar refractivity (Wildman–Crippen MR) is 53.7 cm³/mol. The molecular weight excluding hydrogens is 219 g/mol. The van der Waals surface area contributed by atoms with Gasteiger partial charge in [0.25, 0.3) is 0 Å². The number of ether oxygens (including phenoxy) is 1. The number of hydrogen-bond donors (Lipinski definition) is 1. The second kappa shape index (κ2) is 4.13. The van der Waals surface area contributed by atoms with Crippen molar-refractivity contribution in [2.24, 2.45) is 11.8 Å². The van der Waals surface area contributed by atoms with Gasteiger partial charge in [-0.15, -0.1) is 0 Å². The van der Waals surface area contributed by atoms with Gasteiger partial charge in [-0.25, -0.2) is 0 Å². The van der Waals surface area contributed by atoms with Gasteiger partial charge in [0.2, 0.25) is 0 Å². The Hall–Kier alpha value is -0.970. The quantitative estimate of drug-likeness (QED) is 0.789. The molecule has 0 bridgehead atoms. The number of nitrogens with one attached hydrogen (secondary N) is 1. The topological polar surface area (TPSA) is 21.3 Å². The minimum Gasteiger partial charge on any atom is -0.494 e. The van der Waals surface area contributed by atoms with Gasteiger partial charge in [0.15, 0.2) is 0 Å². The number of halogens is 3. The van der Waals surface area contributed by atoms with E-state index in [1.165, 1.54) is 6.08 Å². The monoisotopic (exact) mass is 233 g/mol. The van der Waals surface area contributed by atoms with Crippen molar-refractivity contribution in [1.82, 2.24) is 5.32 Å². The molecule has 1 aliphatic carbocycles. The molecule has 0 saturated carbocycles. The summed E-state index contributed by atoms with van der Waals surface area (Å²) >= 11 is 0. The van der Waals surface area contributed by atoms with E-state index in [2.05, 4.69) is 5.32 Å². The molecule has 1 saturated heterocycles. The van der Waals surface area contributed by atoms with Crippen LogP contribution in [0.4, 0.5) is 13.2 Å². The lowest BCUT2D eigenvalue weighted by Crippen LogP contribution is -2.23. The number of fused-ring (bicyclic) bond motifs is 1. The van der Waals surface area contributed by atoms with Crippen molar-refractivity contribution in [2.45, 2.75) is 13.1 Å². The second-order valence-electron chi connectivity index (χ2n) is 4.03. The number of rotatable bonds is 2. The van der Waals surface area contributed by atoms with Gasteiger partial charge in [-0.1, -0.05) is 6.08 Å². The Morgan fingerprint density at radius 1 is 1.31 bits per heavy atom. The highest BCUT2D eigenvalue weighted by Gasteiger charge is 2.41. The summed E-state index contributed by atoms with van der Waals surface area (Å²) in [6.45, 7) is 3.28. The van der Waals surface area contributed by atoms with Crippen LogP contribution in [0.1, 0.15) is 6.92 Å². The van der Waals surface area contributed by atoms with Crippen molar-refractivity contribution in [2.75, 3.05) is 19.7 Å². The van der Waals surface area contributed by atoms with Crippen molar-refractivity contribution in [3.63, 3.8) is 0 Å². The van der Waals surface area contributed by atoms with E-state index in [9.17, 15) is 13.2 Å². The first-order valence-corrected chi connectivity index (χ1v) is 5.37. The molecule has 5 heteroatoms. The van der Waals surface area contributed by atoms with Crippen LogP contribution in [0.5, 0.6) is 0 Å². The molecule has 0 radical (unpaired) electrons. The molecule has 2 nitrogen and oxygen atoms in total. The van der Waals surface area contributed by atoms with Gasteiger partial charge in [0, 0.05) is 19.0 Å². The number of hydrogen-bond acceptors (Lipinski definition) is 2. The first kappa shape index (κ1) is 11.5. The summed E-state index contributed by atoms with van der Waals surface area (Å²) in [5.74, 6) is 0.0634. The average molecular weight is 233 g/mol. The van der Waals surface area contributed by atoms with Gasteiger partial charge in [-0.2, -0.15) is 13.2 Å². The Morgan fingerprint density at radius 3 is 2.50 bits per heavy atom. The van der Waals surface area contributed by atoms with Crippen LogP contribution < -0.4 is 5.32 Å². The molecule has 0 amide bonds. The van der Waals surface area contributed by atoms with Crippen molar-refractivity contribution in [1.29, 1.82) is 0 Å². The molecule has 0 spiro atoms. The summed E-state index contributed by atoms with van der Waals surface area (Å²) in [7, 11) is 0. The molecule has 90 valence electrons. The SMILES string of the molecule is CCOC1=CC2CNCC2C=C1C(F)(F)F. The van der Waals surface area contributed by atoms with Gasteiger partial charge >= 0.3 is 6.18 Å². The van der Waals surface area contributed by atoms with Crippen LogP contribution in [-0.2, 0) is 4.74 Å². The summed E-state index contributed by atoms with van der Waals surface area (Å²) in [5, 5.41) is 3.09. The lowest BCUT2D eigenvalue weighted by atomic mass is 9.87. The van der Waals surface area contributed by atoms with E-state index in [0.717, 1.165) is 6.54 Å². The standard InChI is InChI=1S/C11H14F3NO/c1-2-16-10-4-8-6-15-5-7(8)3-9(10)11(12,13)14/h3-4,7-8,15H,2,5-6H2,1H3. The van der Waals surface area contributed by atoms with Crippen molar-refractivity contribution >= 4 is 0 Å². The molecule has 0 aromatic carbocycles. The maximum absolute atomic E-state index is 12.8. The first-order chi connectivity index (χ1) is 7.52. The summed E-state index contributed by atoms with van der Waals surface area (Å²) in [6.07, 6.45) is -1.42. The summed E-state index contributed by atoms with van der Waals surface area (Å²) < 4.78 is 43.4. The summed E-state index contributed by atoms with van der Waals surface area (Å²) in [5.41, 5.74) is -0.626. The average Bonchev–Trinajstić information content (AvgIpc) is 2.62. The van der Waals surface area contributed by atoms with Crippen molar-refractivity contribution in [3.8, 4) is 0 Å². The first-order valence-electron chi connectivity index (χ1n) is 5.37. The molecule has 2 unspecified atom stereocenters. The van der Waals surface area contributed by atoms with E-state index >= 15 is 0 Å². The second-order valence-corrected chi connectivity index (χ2v) is 4.03. The molecule has 1 aliphatic heterocycles. The van der Waals surface area contributed by atoms with Crippen LogP contribution in [0.2, 0.25) is 0 Å². The third-order valence-corrected chi connectivity index (χ3v) is 2.93. The van der Waals surface area contributed by atoms with Gasteiger partial charge in [0.05, 0.1) is 12.2 Å². The third-order valence-electron chi connectivity index (χ3n) is 2.93. The van der Waals surface area contributed by atoms with E-state index in [0.29, 0.717) is 6.54 Å². The van der Waals surface area contributed by atoms with Crippen LogP contribution in [0, 0.1) is 11.8 Å². The minimum atomic E-state index is -4.32. The molecule has 2 aliphatic rings.